The first-order valence-corrected chi connectivity index (χ1v) is 8.43. The van der Waals surface area contributed by atoms with Crippen molar-refractivity contribution in [1.82, 2.24) is 14.5 Å². The zero-order valence-electron chi connectivity index (χ0n) is 13.6. The molecule has 0 spiro atoms. The molecule has 6 heteroatoms. The first-order chi connectivity index (χ1) is 8.88. The normalized spacial score (nSPS) is 13.8. The molecule has 0 aromatic carbocycles. The van der Waals surface area contributed by atoms with E-state index in [0.717, 1.165) is 6.42 Å². The fourth-order valence-corrected chi connectivity index (χ4v) is 4.38. The number of nitrogens with one attached hydrogen (secondary N) is 1. The van der Waals surface area contributed by atoms with E-state index in [9.17, 15) is 8.42 Å². The Morgan fingerprint density at radius 2 is 1.80 bits per heavy atom. The monoisotopic (exact) mass is 301 g/mol. The van der Waals surface area contributed by atoms with E-state index in [1.807, 2.05) is 20.8 Å². The Morgan fingerprint density at radius 3 is 2.20 bits per heavy atom. The summed E-state index contributed by atoms with van der Waals surface area (Å²) >= 11 is 0. The molecule has 0 fully saturated rings. The molecular formula is C14H27N3O2S. The van der Waals surface area contributed by atoms with Gasteiger partial charge in [0.15, 0.2) is 0 Å². The molecule has 20 heavy (non-hydrogen) atoms. The molecule has 0 saturated carbocycles. The third kappa shape index (κ3) is 4.31. The van der Waals surface area contributed by atoms with E-state index in [0.29, 0.717) is 12.2 Å². The predicted octanol–water partition coefficient (Wildman–Crippen LogP) is 2.70. The molecule has 0 unspecified atom stereocenters. The van der Waals surface area contributed by atoms with Crippen molar-refractivity contribution in [3.8, 4) is 0 Å². The lowest BCUT2D eigenvalue weighted by Crippen LogP contribution is -2.45. The minimum Gasteiger partial charge on any atom is -0.269 e. The van der Waals surface area contributed by atoms with Gasteiger partial charge in [-0.3, -0.25) is 4.68 Å². The Labute approximate surface area is 122 Å². The van der Waals surface area contributed by atoms with Gasteiger partial charge >= 0.3 is 0 Å². The van der Waals surface area contributed by atoms with Crippen molar-refractivity contribution < 1.29 is 8.42 Å². The van der Waals surface area contributed by atoms with E-state index in [1.54, 1.807) is 11.6 Å². The van der Waals surface area contributed by atoms with Crippen molar-refractivity contribution in [2.75, 3.05) is 0 Å². The largest absolute Gasteiger partial charge is 0.269 e. The quantitative estimate of drug-likeness (QED) is 0.909. The molecule has 5 nitrogen and oxygen atoms in total. The first-order valence-electron chi connectivity index (χ1n) is 6.94. The Kier molecular flexibility index (Phi) is 4.71. The van der Waals surface area contributed by atoms with Gasteiger partial charge in [-0.2, -0.15) is 5.10 Å². The van der Waals surface area contributed by atoms with Crippen LogP contribution in [0.3, 0.4) is 0 Å². The number of nitrogens with zero attached hydrogens (tertiary/aromatic N) is 2. The summed E-state index contributed by atoms with van der Waals surface area (Å²) < 4.78 is 29.5. The standard InChI is InChI=1S/C14H27N3O2S/c1-8-17-11(2)12(9-15-17)20(18,19)16-14(6,7)10-13(3,4)5/h9,16H,8,10H2,1-7H3. The highest BCUT2D eigenvalue weighted by atomic mass is 32.2. The lowest BCUT2D eigenvalue weighted by Gasteiger charge is -2.32. The maximum absolute atomic E-state index is 12.5. The fourth-order valence-electron chi connectivity index (χ4n) is 2.79. The number of hydrogen-bond acceptors (Lipinski definition) is 3. The van der Waals surface area contributed by atoms with Crippen LogP contribution in [0.15, 0.2) is 11.1 Å². The van der Waals surface area contributed by atoms with Crippen LogP contribution < -0.4 is 4.72 Å². The molecule has 0 aliphatic carbocycles. The predicted molar refractivity (Wildman–Crippen MR) is 81.1 cm³/mol. The highest BCUT2D eigenvalue weighted by Gasteiger charge is 2.32. The summed E-state index contributed by atoms with van der Waals surface area (Å²) in [6, 6.07) is 0. The smallest absolute Gasteiger partial charge is 0.244 e. The molecule has 0 atom stereocenters. The molecule has 0 radical (unpaired) electrons. The Bertz CT molecular complexity index is 566. The maximum Gasteiger partial charge on any atom is 0.244 e. The lowest BCUT2D eigenvalue weighted by atomic mass is 9.82. The molecule has 1 N–H and O–H groups in total. The topological polar surface area (TPSA) is 64.0 Å². The summed E-state index contributed by atoms with van der Waals surface area (Å²) in [4.78, 5) is 0.265. The molecular weight excluding hydrogens is 274 g/mol. The number of hydrogen-bond donors (Lipinski definition) is 1. The van der Waals surface area contributed by atoms with Crippen LogP contribution in [0.25, 0.3) is 0 Å². The lowest BCUT2D eigenvalue weighted by molar-refractivity contribution is 0.269. The molecule has 0 amide bonds. The van der Waals surface area contributed by atoms with Crippen molar-refractivity contribution in [1.29, 1.82) is 0 Å². The van der Waals surface area contributed by atoms with E-state index in [4.69, 9.17) is 0 Å². The minimum atomic E-state index is -3.54. The van der Waals surface area contributed by atoms with Gasteiger partial charge in [0.2, 0.25) is 10.0 Å². The number of sulfonamides is 1. The second kappa shape index (κ2) is 5.48. The van der Waals surface area contributed by atoms with Gasteiger partial charge in [0.1, 0.15) is 4.90 Å². The van der Waals surface area contributed by atoms with Gasteiger partial charge < -0.3 is 0 Å². The van der Waals surface area contributed by atoms with Crippen molar-refractivity contribution in [3.63, 3.8) is 0 Å². The average molecular weight is 301 g/mol. The molecule has 1 rings (SSSR count). The molecule has 0 aliphatic heterocycles. The van der Waals surface area contributed by atoms with Crippen molar-refractivity contribution in [2.45, 2.75) is 71.9 Å². The maximum atomic E-state index is 12.5. The van der Waals surface area contributed by atoms with E-state index in [2.05, 4.69) is 30.6 Å². The average Bonchev–Trinajstić information content (AvgIpc) is 2.53. The summed E-state index contributed by atoms with van der Waals surface area (Å²) in [5.74, 6) is 0. The summed E-state index contributed by atoms with van der Waals surface area (Å²) in [7, 11) is -3.54. The Morgan fingerprint density at radius 1 is 1.25 bits per heavy atom. The highest BCUT2D eigenvalue weighted by Crippen LogP contribution is 2.28. The van der Waals surface area contributed by atoms with Crippen LogP contribution in [0.5, 0.6) is 0 Å². The van der Waals surface area contributed by atoms with Crippen LogP contribution in [-0.2, 0) is 16.6 Å². The van der Waals surface area contributed by atoms with Crippen LogP contribution in [0.1, 0.15) is 53.7 Å². The minimum absolute atomic E-state index is 0.0503. The Balaban J connectivity index is 3.03. The van der Waals surface area contributed by atoms with E-state index in [-0.39, 0.29) is 10.3 Å². The van der Waals surface area contributed by atoms with Gasteiger partial charge in [0.25, 0.3) is 0 Å². The summed E-state index contributed by atoms with van der Waals surface area (Å²) in [6.07, 6.45) is 2.18. The number of rotatable bonds is 5. The molecule has 1 aromatic heterocycles. The summed E-state index contributed by atoms with van der Waals surface area (Å²) in [6.45, 7) is 14.5. The van der Waals surface area contributed by atoms with Gasteiger partial charge in [0, 0.05) is 12.1 Å². The summed E-state index contributed by atoms with van der Waals surface area (Å²) in [5, 5.41) is 4.10. The highest BCUT2D eigenvalue weighted by molar-refractivity contribution is 7.89. The zero-order chi connectivity index (χ0) is 15.8. The number of aromatic nitrogens is 2. The molecule has 116 valence electrons. The Hall–Kier alpha value is -0.880. The van der Waals surface area contributed by atoms with Gasteiger partial charge in [-0.25, -0.2) is 13.1 Å². The number of aryl methyl sites for hydroxylation is 1. The zero-order valence-corrected chi connectivity index (χ0v) is 14.4. The van der Waals surface area contributed by atoms with Crippen molar-refractivity contribution in [2.24, 2.45) is 5.41 Å². The molecule has 0 aliphatic rings. The second-order valence-electron chi connectivity index (χ2n) is 7.14. The molecule has 1 heterocycles. The molecule has 0 bridgehead atoms. The third-order valence-electron chi connectivity index (χ3n) is 3.03. The fraction of sp³-hybridized carbons (Fsp3) is 0.786. The first kappa shape index (κ1) is 17.2. The molecule has 0 saturated heterocycles. The van der Waals surface area contributed by atoms with Crippen molar-refractivity contribution in [3.05, 3.63) is 11.9 Å². The van der Waals surface area contributed by atoms with Gasteiger partial charge in [-0.05, 0) is 39.5 Å². The van der Waals surface area contributed by atoms with Gasteiger partial charge in [-0.1, -0.05) is 20.8 Å². The second-order valence-corrected chi connectivity index (χ2v) is 8.79. The van der Waals surface area contributed by atoms with E-state index in [1.165, 1.54) is 6.20 Å². The van der Waals surface area contributed by atoms with Crippen molar-refractivity contribution >= 4 is 10.0 Å². The van der Waals surface area contributed by atoms with Gasteiger partial charge in [0.05, 0.1) is 11.9 Å². The van der Waals surface area contributed by atoms with Crippen LogP contribution in [0.2, 0.25) is 0 Å². The third-order valence-corrected chi connectivity index (χ3v) is 4.83. The van der Waals surface area contributed by atoms with Crippen LogP contribution in [-0.4, -0.2) is 23.7 Å². The van der Waals surface area contributed by atoms with Gasteiger partial charge in [-0.15, -0.1) is 0 Å². The molecule has 1 aromatic rings. The summed E-state index contributed by atoms with van der Waals surface area (Å²) in [5.41, 5.74) is 0.221. The SMILES string of the molecule is CCn1ncc(S(=O)(=O)NC(C)(C)CC(C)(C)C)c1C. The van der Waals surface area contributed by atoms with Crippen LogP contribution in [0, 0.1) is 12.3 Å². The van der Waals surface area contributed by atoms with E-state index >= 15 is 0 Å². The van der Waals surface area contributed by atoms with Crippen LogP contribution in [0.4, 0.5) is 0 Å². The van der Waals surface area contributed by atoms with Crippen LogP contribution >= 0.6 is 0 Å². The van der Waals surface area contributed by atoms with E-state index < -0.39 is 15.6 Å².